The van der Waals surface area contributed by atoms with E-state index in [1.54, 1.807) is 13.0 Å². The van der Waals surface area contributed by atoms with Gasteiger partial charge in [-0.2, -0.15) is 0 Å². The third kappa shape index (κ3) is 4.37. The van der Waals surface area contributed by atoms with Gasteiger partial charge in [0.2, 0.25) is 11.8 Å². The van der Waals surface area contributed by atoms with Gasteiger partial charge in [0.05, 0.1) is 31.9 Å². The Morgan fingerprint density at radius 2 is 1.45 bits per heavy atom. The predicted octanol–water partition coefficient (Wildman–Crippen LogP) is 4.23. The number of halogens is 3. The van der Waals surface area contributed by atoms with Crippen molar-refractivity contribution in [2.75, 3.05) is 17.2 Å². The summed E-state index contributed by atoms with van der Waals surface area (Å²) in [5.74, 6) is -2.13. The van der Waals surface area contributed by atoms with E-state index in [2.05, 4.69) is 10.6 Å². The molecule has 1 heterocycles. The molecule has 150 valence electrons. The van der Waals surface area contributed by atoms with Crippen LogP contribution in [0.5, 0.6) is 0 Å². The Labute approximate surface area is 180 Å². The molecule has 3 rings (SSSR count). The number of nitrogens with zero attached hydrogens (tertiary/aromatic N) is 1. The van der Waals surface area contributed by atoms with E-state index in [1.807, 2.05) is 0 Å². The maximum absolute atomic E-state index is 12.5. The van der Waals surface area contributed by atoms with Crippen molar-refractivity contribution in [1.29, 1.82) is 0 Å². The molecule has 2 aromatic carbocycles. The van der Waals surface area contributed by atoms with Crippen LogP contribution in [0.4, 0.5) is 11.4 Å². The summed E-state index contributed by atoms with van der Waals surface area (Å²) in [4.78, 5) is 49.7. The number of rotatable bonds is 5. The Kier molecular flexibility index (Phi) is 6.12. The monoisotopic (exact) mass is 453 g/mol. The van der Waals surface area contributed by atoms with E-state index in [-0.39, 0.29) is 44.2 Å². The largest absolute Gasteiger partial charge is 0.326 e. The molecule has 0 spiro atoms. The van der Waals surface area contributed by atoms with Gasteiger partial charge in [-0.05, 0) is 30.3 Å². The van der Waals surface area contributed by atoms with Crippen LogP contribution in [-0.4, -0.2) is 35.1 Å². The molecule has 1 aliphatic rings. The van der Waals surface area contributed by atoms with E-state index in [1.165, 1.54) is 24.3 Å². The van der Waals surface area contributed by atoms with Crippen molar-refractivity contribution in [1.82, 2.24) is 4.90 Å². The first-order chi connectivity index (χ1) is 13.7. The van der Waals surface area contributed by atoms with E-state index in [4.69, 9.17) is 34.8 Å². The Hall–Kier alpha value is -2.61. The van der Waals surface area contributed by atoms with Gasteiger partial charge in [0.25, 0.3) is 11.8 Å². The summed E-state index contributed by atoms with van der Waals surface area (Å²) in [5, 5.41) is 5.69. The average Bonchev–Trinajstić information content (AvgIpc) is 2.89. The fraction of sp³-hybridized carbons (Fsp3) is 0.158. The summed E-state index contributed by atoms with van der Waals surface area (Å²) >= 11 is 17.9. The lowest BCUT2D eigenvalue weighted by molar-refractivity contribution is -0.117. The van der Waals surface area contributed by atoms with Crippen molar-refractivity contribution in [3.05, 3.63) is 56.5 Å². The van der Waals surface area contributed by atoms with Gasteiger partial charge in [-0.3, -0.25) is 24.1 Å². The van der Waals surface area contributed by atoms with Gasteiger partial charge in [-0.25, -0.2) is 0 Å². The fourth-order valence-corrected chi connectivity index (χ4v) is 3.20. The molecule has 0 aromatic heterocycles. The van der Waals surface area contributed by atoms with Crippen LogP contribution >= 0.6 is 34.8 Å². The van der Waals surface area contributed by atoms with Crippen LogP contribution in [0.1, 0.15) is 34.1 Å². The van der Waals surface area contributed by atoms with Crippen LogP contribution in [0.25, 0.3) is 0 Å². The molecule has 0 radical (unpaired) electrons. The normalized spacial score (nSPS) is 12.8. The lowest BCUT2D eigenvalue weighted by Gasteiger charge is -2.15. The maximum atomic E-state index is 12.5. The third-order valence-corrected chi connectivity index (χ3v) is 5.21. The van der Waals surface area contributed by atoms with Crippen molar-refractivity contribution in [3.8, 4) is 0 Å². The van der Waals surface area contributed by atoms with Crippen molar-refractivity contribution in [2.45, 2.75) is 13.3 Å². The van der Waals surface area contributed by atoms with Gasteiger partial charge < -0.3 is 10.6 Å². The molecular weight excluding hydrogens is 441 g/mol. The van der Waals surface area contributed by atoms with E-state index in [0.717, 1.165) is 4.90 Å². The third-order valence-electron chi connectivity index (χ3n) is 4.16. The van der Waals surface area contributed by atoms with Crippen molar-refractivity contribution in [2.24, 2.45) is 0 Å². The highest BCUT2D eigenvalue weighted by molar-refractivity contribution is 6.43. The van der Waals surface area contributed by atoms with E-state index in [0.29, 0.717) is 5.69 Å². The quantitative estimate of drug-likeness (QED) is 0.661. The predicted molar refractivity (Wildman–Crippen MR) is 111 cm³/mol. The first-order valence-electron chi connectivity index (χ1n) is 8.45. The number of carbonyl (C=O) groups excluding carboxylic acids is 4. The van der Waals surface area contributed by atoms with Gasteiger partial charge in [-0.15, -0.1) is 0 Å². The molecule has 0 saturated heterocycles. The Morgan fingerprint density at radius 3 is 2.00 bits per heavy atom. The minimum absolute atomic E-state index is 0.0829. The van der Waals surface area contributed by atoms with Crippen molar-refractivity contribution >= 4 is 69.8 Å². The summed E-state index contributed by atoms with van der Waals surface area (Å²) in [5.41, 5.74) is 0.842. The Bertz CT molecular complexity index is 1010. The highest BCUT2D eigenvalue weighted by atomic mass is 35.5. The molecule has 0 aliphatic carbocycles. The number of imide groups is 1. The number of hydrogen-bond donors (Lipinski definition) is 2. The average molecular weight is 455 g/mol. The van der Waals surface area contributed by atoms with Crippen LogP contribution in [0, 0.1) is 0 Å². The zero-order chi connectivity index (χ0) is 21.3. The summed E-state index contributed by atoms with van der Waals surface area (Å²) in [7, 11) is 0. The van der Waals surface area contributed by atoms with Crippen molar-refractivity contribution in [3.63, 3.8) is 0 Å². The molecule has 2 N–H and O–H groups in total. The summed E-state index contributed by atoms with van der Waals surface area (Å²) in [6.45, 7) is 1.18. The zero-order valence-electron chi connectivity index (χ0n) is 15.0. The van der Waals surface area contributed by atoms with E-state index >= 15 is 0 Å². The summed E-state index contributed by atoms with van der Waals surface area (Å²) in [6.07, 6.45) is 0.290. The number of anilines is 2. The smallest absolute Gasteiger partial charge is 0.262 e. The molecule has 0 unspecified atom stereocenters. The molecule has 0 atom stereocenters. The SMILES string of the molecule is CCC(=O)Nc1ccc(Cl)c(NC(=O)CN2C(=O)c3cc(Cl)c(Cl)cc3C2=O)c1. The van der Waals surface area contributed by atoms with Gasteiger partial charge in [0.1, 0.15) is 6.54 Å². The first-order valence-corrected chi connectivity index (χ1v) is 9.59. The standard InChI is InChI=1S/C19H14Cl3N3O4/c1-2-16(26)23-9-3-4-12(20)15(5-9)24-17(27)8-25-18(28)10-6-13(21)14(22)7-11(10)19(25)29/h3-7H,2,8H2,1H3,(H,23,26)(H,24,27). The van der Waals surface area contributed by atoms with Crippen LogP contribution < -0.4 is 10.6 Å². The molecule has 0 bridgehead atoms. The highest BCUT2D eigenvalue weighted by Crippen LogP contribution is 2.31. The van der Waals surface area contributed by atoms with Gasteiger partial charge >= 0.3 is 0 Å². The molecule has 29 heavy (non-hydrogen) atoms. The zero-order valence-corrected chi connectivity index (χ0v) is 17.3. The number of nitrogens with one attached hydrogen (secondary N) is 2. The second kappa shape index (κ2) is 8.41. The van der Waals surface area contributed by atoms with Crippen LogP contribution in [0.2, 0.25) is 15.1 Å². The fourth-order valence-electron chi connectivity index (χ4n) is 2.71. The topological polar surface area (TPSA) is 95.6 Å². The number of fused-ring (bicyclic) bond motifs is 1. The van der Waals surface area contributed by atoms with Gasteiger partial charge in [0, 0.05) is 12.1 Å². The van der Waals surface area contributed by atoms with Gasteiger partial charge in [0.15, 0.2) is 0 Å². The first kappa shape index (κ1) is 21.1. The number of carbonyl (C=O) groups is 4. The molecule has 10 heteroatoms. The molecule has 1 aliphatic heterocycles. The lowest BCUT2D eigenvalue weighted by atomic mass is 10.1. The van der Waals surface area contributed by atoms with Crippen LogP contribution in [0.15, 0.2) is 30.3 Å². The van der Waals surface area contributed by atoms with Crippen LogP contribution in [-0.2, 0) is 9.59 Å². The van der Waals surface area contributed by atoms with Gasteiger partial charge in [-0.1, -0.05) is 41.7 Å². The maximum Gasteiger partial charge on any atom is 0.262 e. The van der Waals surface area contributed by atoms with E-state index < -0.39 is 24.3 Å². The molecule has 2 aromatic rings. The minimum Gasteiger partial charge on any atom is -0.326 e. The minimum atomic E-state index is -0.645. The molecule has 7 nitrogen and oxygen atoms in total. The molecule has 0 fully saturated rings. The number of benzene rings is 2. The van der Waals surface area contributed by atoms with Crippen molar-refractivity contribution < 1.29 is 19.2 Å². The second-order valence-electron chi connectivity index (χ2n) is 6.15. The Morgan fingerprint density at radius 1 is 0.862 bits per heavy atom. The molecule has 4 amide bonds. The van der Waals surface area contributed by atoms with Crippen LogP contribution in [0.3, 0.4) is 0 Å². The molecular formula is C19H14Cl3N3O4. The highest BCUT2D eigenvalue weighted by Gasteiger charge is 2.37. The summed E-state index contributed by atoms with van der Waals surface area (Å²) in [6, 6.07) is 7.18. The lowest BCUT2D eigenvalue weighted by Crippen LogP contribution is -2.37. The summed E-state index contributed by atoms with van der Waals surface area (Å²) < 4.78 is 0. The number of amides is 4. The number of hydrogen-bond acceptors (Lipinski definition) is 4. The molecule has 0 saturated carbocycles. The van der Waals surface area contributed by atoms with E-state index in [9.17, 15) is 19.2 Å². The Balaban J connectivity index is 1.75. The second-order valence-corrected chi connectivity index (χ2v) is 7.37.